The van der Waals surface area contributed by atoms with Gasteiger partial charge in [-0.3, -0.25) is 0 Å². The third-order valence-corrected chi connectivity index (χ3v) is 6.86. The smallest absolute Gasteiger partial charge is 0.194 e. The van der Waals surface area contributed by atoms with Crippen LogP contribution in [0.1, 0.15) is 18.9 Å². The van der Waals surface area contributed by atoms with Crippen LogP contribution >= 0.6 is 0 Å². The molecule has 0 aliphatic carbocycles. The van der Waals surface area contributed by atoms with Crippen LogP contribution in [0.25, 0.3) is 11.3 Å². The Bertz CT molecular complexity index is 1170. The lowest BCUT2D eigenvalue weighted by Crippen LogP contribution is -2.67. The van der Waals surface area contributed by atoms with Crippen molar-refractivity contribution in [1.29, 1.82) is 0 Å². The van der Waals surface area contributed by atoms with Gasteiger partial charge >= 0.3 is 0 Å². The molecule has 5 rings (SSSR count). The number of hydrogen-bond donors (Lipinski definition) is 3. The van der Waals surface area contributed by atoms with Gasteiger partial charge in [0, 0.05) is 24.3 Å². The highest BCUT2D eigenvalue weighted by Gasteiger charge is 2.56. The van der Waals surface area contributed by atoms with Crippen molar-refractivity contribution < 1.29 is 33.2 Å². The second-order valence-electron chi connectivity index (χ2n) is 9.03. The SMILES string of the molecule is OC[C@H]1O[C@@]2(CCCN(c3ccccc3)C2)[C@@H](O)[C@@H](n2cc(-c3cc(F)c(F)c(F)c3)nn2)[C@H]1O. The highest BCUT2D eigenvalue weighted by atomic mass is 19.2. The van der Waals surface area contributed by atoms with E-state index < -0.39 is 54.0 Å². The molecule has 3 aromatic rings. The number of nitrogens with zero attached hydrogens (tertiary/aromatic N) is 4. The molecule has 3 heterocycles. The van der Waals surface area contributed by atoms with Crippen molar-refractivity contribution in [2.45, 2.75) is 42.8 Å². The summed E-state index contributed by atoms with van der Waals surface area (Å²) in [5.74, 6) is -4.34. The van der Waals surface area contributed by atoms with Crippen molar-refractivity contribution in [2.75, 3.05) is 24.6 Å². The maximum Gasteiger partial charge on any atom is 0.194 e. The first kappa shape index (κ1) is 23.7. The predicted octanol–water partition coefficient (Wildman–Crippen LogP) is 2.06. The summed E-state index contributed by atoms with van der Waals surface area (Å²) in [4.78, 5) is 2.08. The quantitative estimate of drug-likeness (QED) is 0.481. The fourth-order valence-electron chi connectivity index (χ4n) is 5.11. The van der Waals surface area contributed by atoms with Crippen molar-refractivity contribution >= 4 is 5.69 Å². The van der Waals surface area contributed by atoms with Crippen LogP contribution < -0.4 is 4.90 Å². The largest absolute Gasteiger partial charge is 0.394 e. The number of aliphatic hydroxyl groups is 3. The summed E-state index contributed by atoms with van der Waals surface area (Å²) < 4.78 is 48.2. The fraction of sp³-hybridized carbons (Fsp3) is 0.417. The number of rotatable bonds is 4. The molecule has 8 nitrogen and oxygen atoms in total. The number of hydrogen-bond acceptors (Lipinski definition) is 7. The van der Waals surface area contributed by atoms with Crippen molar-refractivity contribution in [3.05, 3.63) is 66.1 Å². The number of aromatic nitrogens is 3. The zero-order valence-corrected chi connectivity index (χ0v) is 18.6. The first-order valence-corrected chi connectivity index (χ1v) is 11.3. The van der Waals surface area contributed by atoms with E-state index in [1.54, 1.807) is 0 Å². The average Bonchev–Trinajstić information content (AvgIpc) is 3.35. The Balaban J connectivity index is 1.48. The molecule has 2 aliphatic heterocycles. The zero-order valence-electron chi connectivity index (χ0n) is 18.6. The summed E-state index contributed by atoms with van der Waals surface area (Å²) in [6, 6.07) is 10.2. The third kappa shape index (κ3) is 4.18. The van der Waals surface area contributed by atoms with Crippen molar-refractivity contribution in [3.8, 4) is 11.3 Å². The molecular formula is C24H25F3N4O4. The monoisotopic (exact) mass is 490 g/mol. The minimum Gasteiger partial charge on any atom is -0.394 e. The van der Waals surface area contributed by atoms with Gasteiger partial charge in [-0.05, 0) is 37.1 Å². The van der Waals surface area contributed by atoms with E-state index in [1.165, 1.54) is 10.9 Å². The van der Waals surface area contributed by atoms with Gasteiger partial charge < -0.3 is 25.0 Å². The molecule has 2 aromatic carbocycles. The van der Waals surface area contributed by atoms with E-state index in [-0.39, 0.29) is 11.3 Å². The molecule has 1 aromatic heterocycles. The first-order chi connectivity index (χ1) is 16.8. The standard InChI is InChI=1S/C24H25F3N4O4/c25-16-9-14(10-17(26)20(16)27)18-11-31(29-28-18)21-22(33)19(12-32)35-24(23(21)34)7-4-8-30(13-24)15-5-2-1-3-6-15/h1-3,5-6,9-11,19,21-23,32-34H,4,7-8,12-13H2/t19-,21+,22+,23+,24-/m1/s1. The Morgan fingerprint density at radius 3 is 2.49 bits per heavy atom. The highest BCUT2D eigenvalue weighted by Crippen LogP contribution is 2.42. The minimum atomic E-state index is -1.59. The van der Waals surface area contributed by atoms with E-state index >= 15 is 0 Å². The maximum absolute atomic E-state index is 13.7. The molecule has 35 heavy (non-hydrogen) atoms. The summed E-state index contributed by atoms with van der Waals surface area (Å²) in [5.41, 5.74) is -0.192. The second-order valence-corrected chi connectivity index (χ2v) is 9.03. The Labute approximate surface area is 199 Å². The number of piperidine rings is 1. The molecule has 5 atom stereocenters. The van der Waals surface area contributed by atoms with E-state index in [9.17, 15) is 28.5 Å². The normalized spacial score (nSPS) is 29.0. The average molecular weight is 490 g/mol. The van der Waals surface area contributed by atoms with Crippen LogP contribution in [0.3, 0.4) is 0 Å². The number of aliphatic hydroxyl groups excluding tert-OH is 3. The van der Waals surface area contributed by atoms with Gasteiger partial charge in [-0.1, -0.05) is 23.4 Å². The van der Waals surface area contributed by atoms with Gasteiger partial charge in [0.25, 0.3) is 0 Å². The molecule has 0 unspecified atom stereocenters. The zero-order chi connectivity index (χ0) is 24.7. The molecule has 186 valence electrons. The summed E-state index contributed by atoms with van der Waals surface area (Å²) in [7, 11) is 0. The Morgan fingerprint density at radius 2 is 1.80 bits per heavy atom. The number of para-hydroxylation sites is 1. The van der Waals surface area contributed by atoms with E-state index in [2.05, 4.69) is 15.2 Å². The lowest BCUT2D eigenvalue weighted by molar-refractivity contribution is -0.257. The van der Waals surface area contributed by atoms with Gasteiger partial charge in [-0.15, -0.1) is 5.10 Å². The van der Waals surface area contributed by atoms with Gasteiger partial charge in [0.2, 0.25) is 0 Å². The van der Waals surface area contributed by atoms with Gasteiger partial charge in [0.1, 0.15) is 35.6 Å². The Hall–Kier alpha value is -2.99. The van der Waals surface area contributed by atoms with Crippen LogP contribution in [0.2, 0.25) is 0 Å². The molecular weight excluding hydrogens is 465 g/mol. The topological polar surface area (TPSA) is 104 Å². The number of halogens is 3. The Kier molecular flexibility index (Phi) is 6.26. The van der Waals surface area contributed by atoms with Crippen molar-refractivity contribution in [3.63, 3.8) is 0 Å². The molecule has 0 radical (unpaired) electrons. The maximum atomic E-state index is 13.7. The molecule has 0 bridgehead atoms. The predicted molar refractivity (Wildman–Crippen MR) is 119 cm³/mol. The fourth-order valence-corrected chi connectivity index (χ4v) is 5.11. The number of benzene rings is 2. The Morgan fingerprint density at radius 1 is 1.09 bits per heavy atom. The van der Waals surface area contributed by atoms with Crippen molar-refractivity contribution in [2.24, 2.45) is 0 Å². The number of anilines is 1. The van der Waals surface area contributed by atoms with Crippen LogP contribution in [-0.2, 0) is 4.74 Å². The molecule has 1 spiro atoms. The van der Waals surface area contributed by atoms with Gasteiger partial charge in [-0.25, -0.2) is 17.9 Å². The van der Waals surface area contributed by atoms with E-state index in [1.807, 2.05) is 30.3 Å². The molecule has 3 N–H and O–H groups in total. The van der Waals surface area contributed by atoms with Crippen LogP contribution in [0.4, 0.5) is 18.9 Å². The summed E-state index contributed by atoms with van der Waals surface area (Å²) in [6.45, 7) is 0.565. The molecule has 2 saturated heterocycles. The number of ether oxygens (including phenoxy) is 1. The van der Waals surface area contributed by atoms with E-state index in [0.29, 0.717) is 19.4 Å². The van der Waals surface area contributed by atoms with E-state index in [0.717, 1.165) is 24.4 Å². The molecule has 0 saturated carbocycles. The highest BCUT2D eigenvalue weighted by molar-refractivity contribution is 5.58. The first-order valence-electron chi connectivity index (χ1n) is 11.3. The molecule has 2 fully saturated rings. The summed E-state index contributed by atoms with van der Waals surface area (Å²) in [5, 5.41) is 40.3. The van der Waals surface area contributed by atoms with Crippen molar-refractivity contribution in [1.82, 2.24) is 15.0 Å². The van der Waals surface area contributed by atoms with Gasteiger partial charge in [0.15, 0.2) is 17.5 Å². The summed E-state index contributed by atoms with van der Waals surface area (Å²) in [6.07, 6.45) is -1.11. The third-order valence-electron chi connectivity index (χ3n) is 6.86. The lowest BCUT2D eigenvalue weighted by Gasteiger charge is -2.53. The van der Waals surface area contributed by atoms with Crippen LogP contribution in [0, 0.1) is 17.5 Å². The minimum absolute atomic E-state index is 0.0258. The van der Waals surface area contributed by atoms with Gasteiger partial charge in [-0.2, -0.15) is 0 Å². The molecule has 11 heteroatoms. The summed E-state index contributed by atoms with van der Waals surface area (Å²) >= 11 is 0. The van der Waals surface area contributed by atoms with Crippen LogP contribution in [0.5, 0.6) is 0 Å². The van der Waals surface area contributed by atoms with E-state index in [4.69, 9.17) is 4.74 Å². The van der Waals surface area contributed by atoms with Gasteiger partial charge in [0.05, 0.1) is 12.8 Å². The van der Waals surface area contributed by atoms with Crippen LogP contribution in [0.15, 0.2) is 48.7 Å². The molecule has 0 amide bonds. The molecule has 2 aliphatic rings. The second kappa shape index (κ2) is 9.23. The lowest BCUT2D eigenvalue weighted by atomic mass is 9.78. The van der Waals surface area contributed by atoms with Crippen LogP contribution in [-0.4, -0.2) is 73.9 Å².